The minimum absolute atomic E-state index is 0.365. The van der Waals surface area contributed by atoms with E-state index in [0.717, 1.165) is 19.0 Å². The van der Waals surface area contributed by atoms with Gasteiger partial charge in [-0.2, -0.15) is 5.26 Å². The van der Waals surface area contributed by atoms with E-state index in [-0.39, 0.29) is 5.54 Å². The zero-order valence-corrected chi connectivity index (χ0v) is 10.9. The summed E-state index contributed by atoms with van der Waals surface area (Å²) in [6.45, 7) is 6.51. The Morgan fingerprint density at radius 3 is 2.81 bits per heavy atom. The summed E-state index contributed by atoms with van der Waals surface area (Å²) in [5.74, 6) is 0. The number of rotatable bonds is 5. The quantitative estimate of drug-likeness (QED) is 0.776. The average molecular weight is 223 g/mol. The Balaban J connectivity index is 2.44. The molecule has 2 unspecified atom stereocenters. The standard InChI is InChI=1S/C13H25N3/c1-4-12-7-5-6-9-16(12)10-8-13(2,11-14)15-3/h12,15H,4-10H2,1-3H3. The van der Waals surface area contributed by atoms with Gasteiger partial charge in [0, 0.05) is 12.6 Å². The lowest BCUT2D eigenvalue weighted by atomic mass is 9.96. The Kier molecular flexibility index (Phi) is 5.24. The minimum atomic E-state index is -0.365. The van der Waals surface area contributed by atoms with Crippen LogP contribution in [0.4, 0.5) is 0 Å². The van der Waals surface area contributed by atoms with Gasteiger partial charge in [0.2, 0.25) is 0 Å². The molecule has 0 radical (unpaired) electrons. The molecule has 0 spiro atoms. The van der Waals surface area contributed by atoms with Crippen molar-refractivity contribution in [3.63, 3.8) is 0 Å². The largest absolute Gasteiger partial charge is 0.303 e. The highest BCUT2D eigenvalue weighted by Crippen LogP contribution is 2.21. The number of nitriles is 1. The van der Waals surface area contributed by atoms with Gasteiger partial charge in [-0.1, -0.05) is 13.3 Å². The molecule has 1 saturated heterocycles. The van der Waals surface area contributed by atoms with Gasteiger partial charge in [-0.05, 0) is 46.2 Å². The van der Waals surface area contributed by atoms with Crippen molar-refractivity contribution in [3.8, 4) is 6.07 Å². The van der Waals surface area contributed by atoms with E-state index in [1.807, 2.05) is 14.0 Å². The van der Waals surface area contributed by atoms with Crippen LogP contribution in [-0.2, 0) is 0 Å². The molecule has 3 heteroatoms. The molecule has 0 saturated carbocycles. The van der Waals surface area contributed by atoms with Gasteiger partial charge in [-0.15, -0.1) is 0 Å². The molecular formula is C13H25N3. The molecular weight excluding hydrogens is 198 g/mol. The molecule has 92 valence electrons. The summed E-state index contributed by atoms with van der Waals surface area (Å²) in [6, 6.07) is 3.11. The van der Waals surface area contributed by atoms with Crippen LogP contribution in [0.1, 0.15) is 46.0 Å². The highest BCUT2D eigenvalue weighted by atomic mass is 15.2. The highest BCUT2D eigenvalue weighted by molar-refractivity contribution is 5.03. The zero-order chi connectivity index (χ0) is 12.0. The van der Waals surface area contributed by atoms with E-state index in [0.29, 0.717) is 0 Å². The molecule has 0 aromatic heterocycles. The molecule has 0 aromatic rings. The van der Waals surface area contributed by atoms with E-state index in [9.17, 15) is 0 Å². The van der Waals surface area contributed by atoms with Crippen molar-refractivity contribution in [2.75, 3.05) is 20.1 Å². The van der Waals surface area contributed by atoms with Crippen molar-refractivity contribution < 1.29 is 0 Å². The predicted molar refractivity (Wildman–Crippen MR) is 67.2 cm³/mol. The topological polar surface area (TPSA) is 39.1 Å². The van der Waals surface area contributed by atoms with Crippen LogP contribution in [0.2, 0.25) is 0 Å². The second kappa shape index (κ2) is 6.22. The van der Waals surface area contributed by atoms with Gasteiger partial charge in [0.05, 0.1) is 6.07 Å². The summed E-state index contributed by atoms with van der Waals surface area (Å²) in [7, 11) is 1.87. The van der Waals surface area contributed by atoms with Crippen LogP contribution in [0.25, 0.3) is 0 Å². The Hall–Kier alpha value is -0.590. The Labute approximate surface area is 99.8 Å². The zero-order valence-electron chi connectivity index (χ0n) is 10.9. The highest BCUT2D eigenvalue weighted by Gasteiger charge is 2.25. The SMILES string of the molecule is CCC1CCCCN1CCC(C)(C#N)NC. The Morgan fingerprint density at radius 2 is 2.25 bits per heavy atom. The maximum absolute atomic E-state index is 9.11. The van der Waals surface area contributed by atoms with Crippen LogP contribution in [0, 0.1) is 11.3 Å². The molecule has 1 rings (SSSR count). The van der Waals surface area contributed by atoms with Crippen molar-refractivity contribution in [2.24, 2.45) is 0 Å². The van der Waals surface area contributed by atoms with Gasteiger partial charge >= 0.3 is 0 Å². The minimum Gasteiger partial charge on any atom is -0.303 e. The van der Waals surface area contributed by atoms with Gasteiger partial charge in [0.15, 0.2) is 0 Å². The second-order valence-corrected chi connectivity index (χ2v) is 5.04. The Bertz CT molecular complexity index is 246. The third kappa shape index (κ3) is 3.47. The normalized spacial score (nSPS) is 26.0. The molecule has 1 N–H and O–H groups in total. The number of nitrogens with zero attached hydrogens (tertiary/aromatic N) is 2. The molecule has 0 aromatic carbocycles. The van der Waals surface area contributed by atoms with E-state index >= 15 is 0 Å². The van der Waals surface area contributed by atoms with Crippen molar-refractivity contribution >= 4 is 0 Å². The number of hydrogen-bond acceptors (Lipinski definition) is 3. The summed E-state index contributed by atoms with van der Waals surface area (Å²) in [5.41, 5.74) is -0.365. The second-order valence-electron chi connectivity index (χ2n) is 5.04. The average Bonchev–Trinajstić information content (AvgIpc) is 2.36. The van der Waals surface area contributed by atoms with Gasteiger partial charge in [0.25, 0.3) is 0 Å². The fourth-order valence-corrected chi connectivity index (χ4v) is 2.42. The summed E-state index contributed by atoms with van der Waals surface area (Å²) in [5, 5.41) is 12.2. The van der Waals surface area contributed by atoms with Gasteiger partial charge in [-0.25, -0.2) is 0 Å². The van der Waals surface area contributed by atoms with Crippen LogP contribution in [0.3, 0.4) is 0 Å². The fourth-order valence-electron chi connectivity index (χ4n) is 2.42. The maximum Gasteiger partial charge on any atom is 0.104 e. The van der Waals surface area contributed by atoms with Crippen LogP contribution in [0.15, 0.2) is 0 Å². The monoisotopic (exact) mass is 223 g/mol. The molecule has 1 aliphatic heterocycles. The van der Waals surface area contributed by atoms with Crippen LogP contribution in [-0.4, -0.2) is 36.6 Å². The van der Waals surface area contributed by atoms with E-state index in [1.165, 1.54) is 32.2 Å². The first-order valence-corrected chi connectivity index (χ1v) is 6.49. The molecule has 1 heterocycles. The number of hydrogen-bond donors (Lipinski definition) is 1. The predicted octanol–water partition coefficient (Wildman–Crippen LogP) is 2.14. The first-order chi connectivity index (χ1) is 7.65. The van der Waals surface area contributed by atoms with Crippen molar-refractivity contribution in [3.05, 3.63) is 0 Å². The van der Waals surface area contributed by atoms with E-state index in [4.69, 9.17) is 5.26 Å². The van der Waals surface area contributed by atoms with Crippen molar-refractivity contribution in [1.82, 2.24) is 10.2 Å². The maximum atomic E-state index is 9.11. The lowest BCUT2D eigenvalue weighted by Crippen LogP contribution is -2.45. The third-order valence-electron chi connectivity index (χ3n) is 3.92. The molecule has 0 aliphatic carbocycles. The smallest absolute Gasteiger partial charge is 0.104 e. The molecule has 1 aliphatic rings. The first-order valence-electron chi connectivity index (χ1n) is 6.49. The molecule has 2 atom stereocenters. The fraction of sp³-hybridized carbons (Fsp3) is 0.923. The van der Waals surface area contributed by atoms with Crippen LogP contribution >= 0.6 is 0 Å². The summed E-state index contributed by atoms with van der Waals surface area (Å²) in [6.07, 6.45) is 6.18. The number of likely N-dealkylation sites (tertiary alicyclic amines) is 1. The Morgan fingerprint density at radius 1 is 1.50 bits per heavy atom. The van der Waals surface area contributed by atoms with Crippen molar-refractivity contribution in [2.45, 2.75) is 57.5 Å². The molecule has 0 bridgehead atoms. The van der Waals surface area contributed by atoms with E-state index in [1.54, 1.807) is 0 Å². The van der Waals surface area contributed by atoms with Gasteiger partial charge < -0.3 is 10.2 Å². The summed E-state index contributed by atoms with van der Waals surface area (Å²) in [4.78, 5) is 2.57. The molecule has 1 fully saturated rings. The molecule has 16 heavy (non-hydrogen) atoms. The third-order valence-corrected chi connectivity index (χ3v) is 3.92. The number of piperidine rings is 1. The molecule has 0 amide bonds. The van der Waals surface area contributed by atoms with Gasteiger partial charge in [0.1, 0.15) is 5.54 Å². The molecule has 3 nitrogen and oxygen atoms in total. The van der Waals surface area contributed by atoms with Crippen LogP contribution < -0.4 is 5.32 Å². The summed E-state index contributed by atoms with van der Waals surface area (Å²) < 4.78 is 0. The van der Waals surface area contributed by atoms with E-state index < -0.39 is 0 Å². The summed E-state index contributed by atoms with van der Waals surface area (Å²) >= 11 is 0. The van der Waals surface area contributed by atoms with Gasteiger partial charge in [-0.3, -0.25) is 0 Å². The van der Waals surface area contributed by atoms with Crippen LogP contribution in [0.5, 0.6) is 0 Å². The lowest BCUT2D eigenvalue weighted by molar-refractivity contribution is 0.134. The van der Waals surface area contributed by atoms with E-state index in [2.05, 4.69) is 23.2 Å². The number of nitrogens with one attached hydrogen (secondary N) is 1. The van der Waals surface area contributed by atoms with Crippen molar-refractivity contribution in [1.29, 1.82) is 5.26 Å². The first kappa shape index (κ1) is 13.5. The lowest BCUT2D eigenvalue weighted by Gasteiger charge is -2.36.